The molecule has 2 rings (SSSR count). The Bertz CT molecular complexity index is 727. The van der Waals surface area contributed by atoms with Gasteiger partial charge in [0.05, 0.1) is 12.2 Å². The van der Waals surface area contributed by atoms with Crippen LogP contribution in [0.2, 0.25) is 5.02 Å². The topological polar surface area (TPSA) is 105 Å². The van der Waals surface area contributed by atoms with Gasteiger partial charge in [-0.15, -0.1) is 0 Å². The molecular formula is C16H17ClFN3O5. The van der Waals surface area contributed by atoms with Crippen LogP contribution in [0.1, 0.15) is 19.8 Å². The zero-order valence-electron chi connectivity index (χ0n) is 13.9. The van der Waals surface area contributed by atoms with Gasteiger partial charge in [-0.1, -0.05) is 11.6 Å². The number of benzene rings is 1. The van der Waals surface area contributed by atoms with E-state index in [-0.39, 0.29) is 42.5 Å². The lowest BCUT2D eigenvalue weighted by atomic mass is 10.2. The molecule has 1 atom stereocenters. The number of nitrogens with zero attached hydrogens (tertiary/aromatic N) is 1. The summed E-state index contributed by atoms with van der Waals surface area (Å²) in [5.74, 6) is -2.44. The Kier molecular flexibility index (Phi) is 6.51. The molecule has 0 bridgehead atoms. The number of urea groups is 1. The van der Waals surface area contributed by atoms with Crippen molar-refractivity contribution in [2.24, 2.45) is 0 Å². The highest BCUT2D eigenvalue weighted by Crippen LogP contribution is 2.19. The molecule has 0 aliphatic carbocycles. The molecule has 0 unspecified atom stereocenters. The quantitative estimate of drug-likeness (QED) is 0.549. The standard InChI is InChI=1S/C16H17ClFN3O5/c1-9(15(24)20-12-5-4-10(17)7-11(12)18)26-14(23)3-2-6-21-13(22)8-19-16(21)25/h4-5,7,9H,2-3,6,8H2,1H3,(H,19,25)(H,20,24)/t9-/m1/s1. The van der Waals surface area contributed by atoms with Crippen LogP contribution in [0, 0.1) is 5.82 Å². The molecule has 1 heterocycles. The number of carbonyl (C=O) groups is 4. The summed E-state index contributed by atoms with van der Waals surface area (Å²) >= 11 is 5.63. The minimum absolute atomic E-state index is 0.0538. The Balaban J connectivity index is 1.76. The Morgan fingerprint density at radius 2 is 2.15 bits per heavy atom. The number of hydrogen-bond acceptors (Lipinski definition) is 5. The average Bonchev–Trinajstić information content (AvgIpc) is 2.89. The van der Waals surface area contributed by atoms with E-state index in [1.807, 2.05) is 0 Å². The Labute approximate surface area is 153 Å². The fourth-order valence-corrected chi connectivity index (χ4v) is 2.36. The van der Waals surface area contributed by atoms with E-state index in [0.29, 0.717) is 0 Å². The summed E-state index contributed by atoms with van der Waals surface area (Å²) in [6.45, 7) is 1.37. The van der Waals surface area contributed by atoms with E-state index in [1.165, 1.54) is 19.1 Å². The number of carbonyl (C=O) groups excluding carboxylic acids is 4. The summed E-state index contributed by atoms with van der Waals surface area (Å²) in [7, 11) is 0. The fraction of sp³-hybridized carbons (Fsp3) is 0.375. The molecule has 1 fully saturated rings. The van der Waals surface area contributed by atoms with Gasteiger partial charge in [-0.25, -0.2) is 9.18 Å². The average molecular weight is 386 g/mol. The van der Waals surface area contributed by atoms with Crippen molar-refractivity contribution >= 4 is 41.1 Å². The first kappa shape index (κ1) is 19.6. The second-order valence-corrected chi connectivity index (χ2v) is 5.99. The third-order valence-electron chi connectivity index (χ3n) is 3.57. The van der Waals surface area contributed by atoms with Crippen LogP contribution in [0.5, 0.6) is 0 Å². The van der Waals surface area contributed by atoms with Gasteiger partial charge >= 0.3 is 12.0 Å². The third-order valence-corrected chi connectivity index (χ3v) is 3.80. The summed E-state index contributed by atoms with van der Waals surface area (Å²) in [5.41, 5.74) is -0.0825. The number of rotatable bonds is 7. The number of amides is 4. The zero-order chi connectivity index (χ0) is 19.3. The minimum Gasteiger partial charge on any atom is -0.453 e. The van der Waals surface area contributed by atoms with Crippen LogP contribution in [-0.2, 0) is 19.1 Å². The fourth-order valence-electron chi connectivity index (χ4n) is 2.20. The molecule has 4 amide bonds. The van der Waals surface area contributed by atoms with Crippen molar-refractivity contribution in [3.8, 4) is 0 Å². The minimum atomic E-state index is -1.14. The van der Waals surface area contributed by atoms with Crippen LogP contribution in [0.4, 0.5) is 14.9 Å². The molecule has 1 aromatic rings. The zero-order valence-corrected chi connectivity index (χ0v) is 14.6. The molecule has 2 N–H and O–H groups in total. The summed E-state index contributed by atoms with van der Waals surface area (Å²) < 4.78 is 18.6. The van der Waals surface area contributed by atoms with Crippen LogP contribution in [-0.4, -0.2) is 47.9 Å². The van der Waals surface area contributed by atoms with Crippen LogP contribution >= 0.6 is 11.6 Å². The molecule has 26 heavy (non-hydrogen) atoms. The SMILES string of the molecule is C[C@@H](OC(=O)CCCN1C(=O)CNC1=O)C(=O)Nc1ccc(Cl)cc1F. The monoisotopic (exact) mass is 385 g/mol. The van der Waals surface area contributed by atoms with E-state index in [1.54, 1.807) is 0 Å². The second-order valence-electron chi connectivity index (χ2n) is 5.55. The number of esters is 1. The highest BCUT2D eigenvalue weighted by molar-refractivity contribution is 6.30. The van der Waals surface area contributed by atoms with Gasteiger partial charge in [0.15, 0.2) is 6.10 Å². The van der Waals surface area contributed by atoms with E-state index < -0.39 is 29.8 Å². The van der Waals surface area contributed by atoms with Crippen molar-refractivity contribution in [3.05, 3.63) is 29.0 Å². The molecule has 1 saturated heterocycles. The van der Waals surface area contributed by atoms with Crippen LogP contribution in [0.25, 0.3) is 0 Å². The van der Waals surface area contributed by atoms with Crippen molar-refractivity contribution in [3.63, 3.8) is 0 Å². The maximum Gasteiger partial charge on any atom is 0.324 e. The summed E-state index contributed by atoms with van der Waals surface area (Å²) in [6, 6.07) is 3.25. The third kappa shape index (κ3) is 5.16. The summed E-state index contributed by atoms with van der Waals surface area (Å²) in [4.78, 5) is 47.4. The lowest BCUT2D eigenvalue weighted by Gasteiger charge is -2.15. The number of halogens is 2. The van der Waals surface area contributed by atoms with E-state index in [4.69, 9.17) is 16.3 Å². The van der Waals surface area contributed by atoms with E-state index >= 15 is 0 Å². The Morgan fingerprint density at radius 3 is 2.77 bits per heavy atom. The number of anilines is 1. The predicted octanol–water partition coefficient (Wildman–Crippen LogP) is 1.68. The van der Waals surface area contributed by atoms with Crippen molar-refractivity contribution < 1.29 is 28.3 Å². The molecule has 10 heteroatoms. The molecule has 1 aliphatic rings. The van der Waals surface area contributed by atoms with Gasteiger partial charge in [-0.3, -0.25) is 19.3 Å². The normalized spacial score (nSPS) is 14.8. The molecule has 1 aromatic carbocycles. The maximum absolute atomic E-state index is 13.6. The lowest BCUT2D eigenvalue weighted by molar-refractivity contribution is -0.153. The maximum atomic E-state index is 13.6. The Morgan fingerprint density at radius 1 is 1.42 bits per heavy atom. The summed E-state index contributed by atoms with van der Waals surface area (Å²) in [5, 5.41) is 4.85. The number of hydrogen-bond donors (Lipinski definition) is 2. The van der Waals surface area contributed by atoms with Crippen molar-refractivity contribution in [2.45, 2.75) is 25.9 Å². The molecule has 8 nitrogen and oxygen atoms in total. The summed E-state index contributed by atoms with van der Waals surface area (Å²) in [6.07, 6.45) is -1.02. The first-order valence-corrected chi connectivity index (χ1v) is 8.19. The van der Waals surface area contributed by atoms with Crippen LogP contribution in [0.15, 0.2) is 18.2 Å². The molecule has 140 valence electrons. The number of ether oxygens (including phenoxy) is 1. The molecule has 0 aromatic heterocycles. The van der Waals surface area contributed by atoms with E-state index in [2.05, 4.69) is 10.6 Å². The number of nitrogens with one attached hydrogen (secondary N) is 2. The largest absolute Gasteiger partial charge is 0.453 e. The van der Waals surface area contributed by atoms with Crippen molar-refractivity contribution in [1.82, 2.24) is 10.2 Å². The van der Waals surface area contributed by atoms with Gasteiger partial charge in [0.25, 0.3) is 5.91 Å². The molecule has 0 spiro atoms. The smallest absolute Gasteiger partial charge is 0.324 e. The van der Waals surface area contributed by atoms with Gasteiger partial charge in [0, 0.05) is 18.0 Å². The van der Waals surface area contributed by atoms with Gasteiger partial charge in [0.1, 0.15) is 5.82 Å². The highest BCUT2D eigenvalue weighted by Gasteiger charge is 2.28. The van der Waals surface area contributed by atoms with E-state index in [9.17, 15) is 23.6 Å². The first-order valence-electron chi connectivity index (χ1n) is 7.81. The van der Waals surface area contributed by atoms with Crippen LogP contribution in [0.3, 0.4) is 0 Å². The van der Waals surface area contributed by atoms with Gasteiger partial charge in [0.2, 0.25) is 5.91 Å². The van der Waals surface area contributed by atoms with Gasteiger partial charge in [-0.05, 0) is 31.5 Å². The van der Waals surface area contributed by atoms with Crippen LogP contribution < -0.4 is 10.6 Å². The predicted molar refractivity (Wildman–Crippen MR) is 89.9 cm³/mol. The van der Waals surface area contributed by atoms with Gasteiger partial charge < -0.3 is 15.4 Å². The molecule has 1 aliphatic heterocycles. The molecule has 0 radical (unpaired) electrons. The Hall–Kier alpha value is -2.68. The van der Waals surface area contributed by atoms with Gasteiger partial charge in [-0.2, -0.15) is 0 Å². The second kappa shape index (κ2) is 8.61. The number of imide groups is 1. The first-order chi connectivity index (χ1) is 12.3. The van der Waals surface area contributed by atoms with Crippen molar-refractivity contribution in [1.29, 1.82) is 0 Å². The van der Waals surface area contributed by atoms with Crippen molar-refractivity contribution in [2.75, 3.05) is 18.4 Å². The highest BCUT2D eigenvalue weighted by atomic mass is 35.5. The van der Waals surface area contributed by atoms with E-state index in [0.717, 1.165) is 11.0 Å². The lowest BCUT2D eigenvalue weighted by Crippen LogP contribution is -2.33. The molecular weight excluding hydrogens is 369 g/mol. The molecule has 0 saturated carbocycles.